The summed E-state index contributed by atoms with van der Waals surface area (Å²) in [6.07, 6.45) is 12.4. The van der Waals surface area contributed by atoms with Gasteiger partial charge < -0.3 is 5.73 Å². The third-order valence-corrected chi connectivity index (χ3v) is 1.85. The molecule has 0 aromatic rings. The summed E-state index contributed by atoms with van der Waals surface area (Å²) in [5.74, 6) is 0.616. The fourth-order valence-corrected chi connectivity index (χ4v) is 1.17. The van der Waals surface area contributed by atoms with Crippen LogP contribution in [-0.4, -0.2) is 6.54 Å². The first-order valence-electron chi connectivity index (χ1n) is 3.95. The first-order chi connectivity index (χ1) is 4.93. The molecular formula is C9H15N. The summed E-state index contributed by atoms with van der Waals surface area (Å²) in [5, 5.41) is 0. The predicted octanol–water partition coefficient (Wildman–Crippen LogP) is 1.86. The molecule has 1 unspecified atom stereocenters. The lowest BCUT2D eigenvalue weighted by Gasteiger charge is -2.08. The minimum absolute atomic E-state index is 0.616. The Labute approximate surface area is 62.6 Å². The maximum Gasteiger partial charge on any atom is -0.00141 e. The van der Waals surface area contributed by atoms with E-state index in [2.05, 4.69) is 24.3 Å². The van der Waals surface area contributed by atoms with Gasteiger partial charge in [0.2, 0.25) is 0 Å². The van der Waals surface area contributed by atoms with Gasteiger partial charge in [0.15, 0.2) is 0 Å². The molecule has 1 heteroatoms. The van der Waals surface area contributed by atoms with Crippen molar-refractivity contribution in [2.24, 2.45) is 11.7 Å². The molecule has 0 spiro atoms. The molecule has 10 heavy (non-hydrogen) atoms. The van der Waals surface area contributed by atoms with Crippen LogP contribution < -0.4 is 5.73 Å². The van der Waals surface area contributed by atoms with Crippen molar-refractivity contribution < 1.29 is 0 Å². The van der Waals surface area contributed by atoms with Gasteiger partial charge in [0.25, 0.3) is 0 Å². The lowest BCUT2D eigenvalue weighted by atomic mass is 10.0. The Morgan fingerprint density at radius 1 is 1.30 bits per heavy atom. The maximum atomic E-state index is 5.55. The zero-order chi connectivity index (χ0) is 7.23. The molecule has 1 aliphatic rings. The summed E-state index contributed by atoms with van der Waals surface area (Å²) in [6.45, 7) is 0.796. The summed E-state index contributed by atoms with van der Waals surface area (Å²) < 4.78 is 0. The monoisotopic (exact) mass is 137 g/mol. The van der Waals surface area contributed by atoms with Gasteiger partial charge in [-0.1, -0.05) is 24.3 Å². The fraction of sp³-hybridized carbons (Fsp3) is 0.556. The highest BCUT2D eigenvalue weighted by Gasteiger charge is 2.00. The van der Waals surface area contributed by atoms with Crippen molar-refractivity contribution in [2.75, 3.05) is 6.54 Å². The average Bonchev–Trinajstić information content (AvgIpc) is 1.87. The third kappa shape index (κ3) is 2.36. The van der Waals surface area contributed by atoms with Crippen LogP contribution in [0, 0.1) is 5.92 Å². The van der Waals surface area contributed by atoms with Gasteiger partial charge in [-0.05, 0) is 31.7 Å². The molecule has 0 aromatic carbocycles. The second-order valence-electron chi connectivity index (χ2n) is 2.71. The number of allylic oxidation sites excluding steroid dienone is 3. The summed E-state index contributed by atoms with van der Waals surface area (Å²) >= 11 is 0. The van der Waals surface area contributed by atoms with Crippen molar-refractivity contribution in [1.29, 1.82) is 0 Å². The molecular weight excluding hydrogens is 122 g/mol. The van der Waals surface area contributed by atoms with E-state index < -0.39 is 0 Å². The van der Waals surface area contributed by atoms with Crippen LogP contribution in [0.3, 0.4) is 0 Å². The molecule has 0 bridgehead atoms. The normalized spacial score (nSPS) is 32.3. The molecule has 0 aromatic heterocycles. The molecule has 0 radical (unpaired) electrons. The zero-order valence-corrected chi connectivity index (χ0v) is 6.29. The van der Waals surface area contributed by atoms with Crippen LogP contribution in [-0.2, 0) is 0 Å². The number of nitrogens with two attached hydrogens (primary N) is 1. The van der Waals surface area contributed by atoms with Crippen LogP contribution in [0.25, 0.3) is 0 Å². The van der Waals surface area contributed by atoms with Gasteiger partial charge in [0, 0.05) is 0 Å². The van der Waals surface area contributed by atoms with Crippen LogP contribution in [0.4, 0.5) is 0 Å². The Hall–Kier alpha value is -0.560. The second-order valence-corrected chi connectivity index (χ2v) is 2.71. The summed E-state index contributed by atoms with van der Waals surface area (Å²) in [4.78, 5) is 0. The first kappa shape index (κ1) is 7.55. The van der Waals surface area contributed by atoms with E-state index in [-0.39, 0.29) is 0 Å². The quantitative estimate of drug-likeness (QED) is 0.548. The molecule has 0 saturated heterocycles. The minimum Gasteiger partial charge on any atom is -0.330 e. The van der Waals surface area contributed by atoms with E-state index in [0.717, 1.165) is 13.0 Å². The van der Waals surface area contributed by atoms with Gasteiger partial charge in [0.1, 0.15) is 0 Å². The standard InChI is InChI=1S/C9H15N/c10-8-9-6-4-2-1-3-5-7-9/h1-2,5,7,9H,3-4,6,8,10H2/b2-1-,7-5-. The third-order valence-electron chi connectivity index (χ3n) is 1.85. The molecule has 0 aliphatic heterocycles. The molecule has 0 heterocycles. The van der Waals surface area contributed by atoms with Gasteiger partial charge in [0.05, 0.1) is 0 Å². The number of rotatable bonds is 1. The number of hydrogen-bond donors (Lipinski definition) is 1. The topological polar surface area (TPSA) is 26.0 Å². The van der Waals surface area contributed by atoms with Crippen molar-refractivity contribution in [3.8, 4) is 0 Å². The smallest absolute Gasteiger partial charge is 0.00141 e. The summed E-state index contributed by atoms with van der Waals surface area (Å²) in [7, 11) is 0. The second kappa shape index (κ2) is 4.29. The van der Waals surface area contributed by atoms with Gasteiger partial charge in [-0.3, -0.25) is 0 Å². The highest BCUT2D eigenvalue weighted by Crippen LogP contribution is 2.10. The van der Waals surface area contributed by atoms with Crippen LogP contribution in [0.2, 0.25) is 0 Å². The molecule has 0 fully saturated rings. The maximum absolute atomic E-state index is 5.55. The van der Waals surface area contributed by atoms with Crippen molar-refractivity contribution in [2.45, 2.75) is 19.3 Å². The van der Waals surface area contributed by atoms with Crippen molar-refractivity contribution in [3.05, 3.63) is 24.3 Å². The Kier molecular flexibility index (Phi) is 3.23. The molecule has 1 nitrogen and oxygen atoms in total. The highest BCUT2D eigenvalue weighted by molar-refractivity contribution is 4.99. The Bertz CT molecular complexity index is 136. The molecule has 1 atom stereocenters. The van der Waals surface area contributed by atoms with Crippen molar-refractivity contribution in [3.63, 3.8) is 0 Å². The van der Waals surface area contributed by atoms with Gasteiger partial charge in [-0.15, -0.1) is 0 Å². The zero-order valence-electron chi connectivity index (χ0n) is 6.29. The predicted molar refractivity (Wildman–Crippen MR) is 44.7 cm³/mol. The van der Waals surface area contributed by atoms with E-state index in [1.807, 2.05) is 0 Å². The largest absolute Gasteiger partial charge is 0.330 e. The van der Waals surface area contributed by atoms with Gasteiger partial charge >= 0.3 is 0 Å². The van der Waals surface area contributed by atoms with E-state index in [9.17, 15) is 0 Å². The van der Waals surface area contributed by atoms with E-state index in [4.69, 9.17) is 5.73 Å². The first-order valence-corrected chi connectivity index (χ1v) is 3.95. The lowest BCUT2D eigenvalue weighted by Crippen LogP contribution is -2.11. The van der Waals surface area contributed by atoms with Crippen LogP contribution in [0.5, 0.6) is 0 Å². The van der Waals surface area contributed by atoms with Crippen molar-refractivity contribution in [1.82, 2.24) is 0 Å². The molecule has 0 amide bonds. The number of hydrogen-bond acceptors (Lipinski definition) is 1. The van der Waals surface area contributed by atoms with Crippen molar-refractivity contribution >= 4 is 0 Å². The molecule has 1 aliphatic carbocycles. The highest BCUT2D eigenvalue weighted by atomic mass is 14.5. The Balaban J connectivity index is 2.40. The molecule has 1 rings (SSSR count). The molecule has 56 valence electrons. The fourth-order valence-electron chi connectivity index (χ4n) is 1.17. The molecule has 2 N–H and O–H groups in total. The van der Waals surface area contributed by atoms with E-state index in [1.54, 1.807) is 0 Å². The Morgan fingerprint density at radius 3 is 3.00 bits per heavy atom. The van der Waals surface area contributed by atoms with E-state index >= 15 is 0 Å². The summed E-state index contributed by atoms with van der Waals surface area (Å²) in [6, 6.07) is 0. The van der Waals surface area contributed by atoms with E-state index in [0.29, 0.717) is 5.92 Å². The van der Waals surface area contributed by atoms with Crippen LogP contribution in [0.1, 0.15) is 19.3 Å². The minimum atomic E-state index is 0.616. The van der Waals surface area contributed by atoms with Gasteiger partial charge in [-0.2, -0.15) is 0 Å². The van der Waals surface area contributed by atoms with Gasteiger partial charge in [-0.25, -0.2) is 0 Å². The van der Waals surface area contributed by atoms with Crippen LogP contribution in [0.15, 0.2) is 24.3 Å². The average molecular weight is 137 g/mol. The summed E-state index contributed by atoms with van der Waals surface area (Å²) in [5.41, 5.74) is 5.55. The molecule has 0 saturated carbocycles. The Morgan fingerprint density at radius 2 is 2.20 bits per heavy atom. The SMILES string of the molecule is NCC1/C=C\C/C=C\CC1. The lowest BCUT2D eigenvalue weighted by molar-refractivity contribution is 0.605. The van der Waals surface area contributed by atoms with E-state index in [1.165, 1.54) is 12.8 Å². The van der Waals surface area contributed by atoms with Crippen LogP contribution >= 0.6 is 0 Å².